The zero-order chi connectivity index (χ0) is 21.7. The van der Waals surface area contributed by atoms with E-state index in [2.05, 4.69) is 27.9 Å². The van der Waals surface area contributed by atoms with Crippen molar-refractivity contribution in [3.8, 4) is 33.3 Å². The first-order chi connectivity index (χ1) is 15.7. The lowest BCUT2D eigenvalue weighted by Crippen LogP contribution is -2.11. The van der Waals surface area contributed by atoms with Crippen molar-refractivity contribution in [2.45, 2.75) is 6.92 Å². The molecule has 0 aliphatic heterocycles. The first-order valence-electron chi connectivity index (χ1n) is 9.92. The number of hydrogen-bond donors (Lipinski definition) is 1. The number of nitrogens with one attached hydrogen (secondary N) is 1. The molecular weight excluding hydrogens is 422 g/mol. The molecule has 0 amide bonds. The Morgan fingerprint density at radius 1 is 0.938 bits per heavy atom. The van der Waals surface area contributed by atoms with Crippen molar-refractivity contribution in [1.82, 2.24) is 24.9 Å². The minimum absolute atomic E-state index is 0.242. The van der Waals surface area contributed by atoms with Crippen LogP contribution >= 0.6 is 11.3 Å². The summed E-state index contributed by atoms with van der Waals surface area (Å²) in [6.07, 6.45) is 4.71. The third-order valence-electron chi connectivity index (χ3n) is 5.19. The second kappa shape index (κ2) is 7.21. The van der Waals surface area contributed by atoms with E-state index in [1.807, 2.05) is 36.4 Å². The van der Waals surface area contributed by atoms with E-state index in [9.17, 15) is 4.79 Å². The average molecular weight is 437 g/mol. The van der Waals surface area contributed by atoms with Gasteiger partial charge in [-0.25, -0.2) is 15.0 Å². The van der Waals surface area contributed by atoms with Gasteiger partial charge < -0.3 is 9.40 Å². The van der Waals surface area contributed by atoms with Crippen molar-refractivity contribution in [2.24, 2.45) is 0 Å². The van der Waals surface area contributed by atoms with Gasteiger partial charge >= 0.3 is 0 Å². The molecule has 0 unspecified atom stereocenters. The van der Waals surface area contributed by atoms with Crippen LogP contribution in [0.25, 0.3) is 55.3 Å². The Labute approximate surface area is 185 Å². The van der Waals surface area contributed by atoms with Gasteiger partial charge in [-0.15, -0.1) is 11.3 Å². The second-order valence-electron chi connectivity index (χ2n) is 7.33. The van der Waals surface area contributed by atoms with E-state index in [-0.39, 0.29) is 11.4 Å². The number of aromatic nitrogens is 5. The van der Waals surface area contributed by atoms with E-state index < -0.39 is 0 Å². The quantitative estimate of drug-likeness (QED) is 0.407. The van der Waals surface area contributed by atoms with E-state index in [1.54, 1.807) is 23.6 Å². The molecule has 0 aliphatic rings. The van der Waals surface area contributed by atoms with Gasteiger partial charge in [-0.1, -0.05) is 12.1 Å². The van der Waals surface area contributed by atoms with E-state index in [0.717, 1.165) is 32.7 Å². The van der Waals surface area contributed by atoms with Gasteiger partial charge in [0.25, 0.3) is 5.56 Å². The Morgan fingerprint density at radius 2 is 1.88 bits per heavy atom. The number of hydrogen-bond acceptors (Lipinski definition) is 7. The third kappa shape index (κ3) is 3.09. The highest BCUT2D eigenvalue weighted by Gasteiger charge is 2.18. The molecule has 7 nitrogen and oxygen atoms in total. The average Bonchev–Trinajstić information content (AvgIpc) is 3.49. The van der Waals surface area contributed by atoms with Crippen LogP contribution in [-0.4, -0.2) is 24.9 Å². The molecule has 0 atom stereocenters. The summed E-state index contributed by atoms with van der Waals surface area (Å²) in [5, 5.41) is 1.02. The van der Waals surface area contributed by atoms with E-state index in [1.165, 1.54) is 17.3 Å². The lowest BCUT2D eigenvalue weighted by Gasteiger charge is -2.10. The summed E-state index contributed by atoms with van der Waals surface area (Å²) in [4.78, 5) is 35.9. The van der Waals surface area contributed by atoms with Crippen molar-refractivity contribution in [1.29, 1.82) is 0 Å². The molecule has 1 N–H and O–H groups in total. The maximum absolute atomic E-state index is 12.7. The van der Waals surface area contributed by atoms with Gasteiger partial charge in [0.1, 0.15) is 23.0 Å². The van der Waals surface area contributed by atoms with Crippen LogP contribution < -0.4 is 5.56 Å². The van der Waals surface area contributed by atoms with Crippen LogP contribution in [-0.2, 0) is 0 Å². The van der Waals surface area contributed by atoms with Gasteiger partial charge in [0, 0.05) is 22.0 Å². The van der Waals surface area contributed by atoms with Crippen molar-refractivity contribution in [3.05, 3.63) is 82.4 Å². The zero-order valence-corrected chi connectivity index (χ0v) is 17.7. The summed E-state index contributed by atoms with van der Waals surface area (Å²) in [5.41, 5.74) is 4.23. The molecule has 6 aromatic rings. The largest absolute Gasteiger partial charge is 0.444 e. The van der Waals surface area contributed by atoms with E-state index in [4.69, 9.17) is 14.4 Å². The number of nitrogens with zero attached hydrogens (tertiary/aromatic N) is 4. The summed E-state index contributed by atoms with van der Waals surface area (Å²) >= 11 is 1.64. The second-order valence-corrected chi connectivity index (χ2v) is 8.61. The molecule has 0 radical (unpaired) electrons. The number of H-pyrrole nitrogens is 1. The molecule has 6 rings (SSSR count). The molecule has 0 aliphatic carbocycles. The van der Waals surface area contributed by atoms with Crippen LogP contribution in [0.4, 0.5) is 0 Å². The predicted molar refractivity (Wildman–Crippen MR) is 124 cm³/mol. The van der Waals surface area contributed by atoms with Crippen LogP contribution in [0.2, 0.25) is 0 Å². The Balaban J connectivity index is 1.64. The molecular formula is C24H15N5O2S. The Kier molecular flexibility index (Phi) is 4.19. The lowest BCUT2D eigenvalue weighted by atomic mass is 10.1. The fourth-order valence-corrected chi connectivity index (χ4v) is 4.55. The monoisotopic (exact) mass is 437 g/mol. The summed E-state index contributed by atoms with van der Waals surface area (Å²) in [7, 11) is 0. The summed E-state index contributed by atoms with van der Waals surface area (Å²) < 4.78 is 5.32. The van der Waals surface area contributed by atoms with Gasteiger partial charge in [-0.05, 0) is 43.3 Å². The Hall–Kier alpha value is -4.17. The van der Waals surface area contributed by atoms with Crippen LogP contribution in [0.5, 0.6) is 0 Å². The van der Waals surface area contributed by atoms with Gasteiger partial charge in [0.2, 0.25) is 5.89 Å². The standard InChI is InChI=1S/C24H15N5O2S/c1-13-4-7-19(32-13)21-20(15-5-6-17-14(11-15)3-2-8-25-17)27-18-12-16(24-26-9-10-31-24)23(30)29-22(18)28-21/h2-12H,1H3,(H,28,29,30). The number of benzene rings is 1. The van der Waals surface area contributed by atoms with Gasteiger partial charge in [0.15, 0.2) is 5.65 Å². The van der Waals surface area contributed by atoms with Crippen LogP contribution in [0.1, 0.15) is 4.88 Å². The zero-order valence-electron chi connectivity index (χ0n) is 16.9. The molecule has 8 heteroatoms. The number of fused-ring (bicyclic) bond motifs is 2. The molecule has 5 aromatic heterocycles. The number of thiophene rings is 1. The highest BCUT2D eigenvalue weighted by atomic mass is 32.1. The molecule has 32 heavy (non-hydrogen) atoms. The summed E-state index contributed by atoms with van der Waals surface area (Å²) in [6.45, 7) is 2.05. The smallest absolute Gasteiger partial charge is 0.262 e. The number of aryl methyl sites for hydroxylation is 1. The fraction of sp³-hybridized carbons (Fsp3) is 0.0417. The van der Waals surface area contributed by atoms with Crippen LogP contribution in [0, 0.1) is 6.92 Å². The maximum Gasteiger partial charge on any atom is 0.262 e. The van der Waals surface area contributed by atoms with Crippen LogP contribution in [0.3, 0.4) is 0 Å². The van der Waals surface area contributed by atoms with E-state index >= 15 is 0 Å². The molecule has 0 fully saturated rings. The highest BCUT2D eigenvalue weighted by molar-refractivity contribution is 7.15. The van der Waals surface area contributed by atoms with Crippen molar-refractivity contribution < 1.29 is 4.42 Å². The number of pyridine rings is 2. The van der Waals surface area contributed by atoms with Crippen molar-refractivity contribution in [2.75, 3.05) is 0 Å². The molecule has 0 saturated heterocycles. The normalized spacial score (nSPS) is 11.4. The van der Waals surface area contributed by atoms with Crippen molar-refractivity contribution in [3.63, 3.8) is 0 Å². The number of rotatable bonds is 3. The Bertz CT molecular complexity index is 1670. The van der Waals surface area contributed by atoms with Crippen molar-refractivity contribution >= 4 is 33.4 Å². The first kappa shape index (κ1) is 18.6. The first-order valence-corrected chi connectivity index (χ1v) is 10.7. The third-order valence-corrected chi connectivity index (χ3v) is 6.20. The summed E-state index contributed by atoms with van der Waals surface area (Å²) in [6, 6.07) is 15.7. The number of aromatic amines is 1. The predicted octanol–water partition coefficient (Wildman–Crippen LogP) is 5.23. The lowest BCUT2D eigenvalue weighted by molar-refractivity contribution is 0.573. The minimum atomic E-state index is -0.327. The maximum atomic E-state index is 12.7. The Morgan fingerprint density at radius 3 is 2.69 bits per heavy atom. The molecule has 1 aromatic carbocycles. The van der Waals surface area contributed by atoms with E-state index in [0.29, 0.717) is 16.7 Å². The molecule has 0 spiro atoms. The SMILES string of the molecule is Cc1ccc(-c2nc3[nH]c(=O)c(-c4ncco4)cc3nc2-c2ccc3ncccc3c2)s1. The molecule has 154 valence electrons. The molecule has 0 saturated carbocycles. The van der Waals surface area contributed by atoms with Gasteiger partial charge in [0.05, 0.1) is 22.3 Å². The van der Waals surface area contributed by atoms with Crippen LogP contribution in [0.15, 0.2) is 76.4 Å². The molecule has 5 heterocycles. The van der Waals surface area contributed by atoms with Gasteiger partial charge in [-0.3, -0.25) is 9.78 Å². The highest BCUT2D eigenvalue weighted by Crippen LogP contribution is 2.35. The summed E-state index contributed by atoms with van der Waals surface area (Å²) in [5.74, 6) is 0.242. The molecule has 0 bridgehead atoms. The fourth-order valence-electron chi connectivity index (χ4n) is 3.69. The van der Waals surface area contributed by atoms with Gasteiger partial charge in [-0.2, -0.15) is 0 Å². The minimum Gasteiger partial charge on any atom is -0.444 e. The topological polar surface area (TPSA) is 97.6 Å². The number of oxazole rings is 1.